The third kappa shape index (κ3) is 1.42. The minimum absolute atomic E-state index is 0.544. The lowest BCUT2D eigenvalue weighted by atomic mass is 10.4. The fourth-order valence-corrected chi connectivity index (χ4v) is 1.86. The molecule has 0 radical (unpaired) electrons. The molecule has 0 aliphatic heterocycles. The van der Waals surface area contributed by atoms with Gasteiger partial charge in [0.15, 0.2) is 0 Å². The van der Waals surface area contributed by atoms with Gasteiger partial charge in [-0.1, -0.05) is 0 Å². The fraction of sp³-hybridized carbons (Fsp3) is 0.250. The Morgan fingerprint density at radius 2 is 2.15 bits per heavy atom. The quantitative estimate of drug-likeness (QED) is 0.755. The summed E-state index contributed by atoms with van der Waals surface area (Å²) in [5.41, 5.74) is 6.48. The van der Waals surface area contributed by atoms with E-state index in [1.807, 2.05) is 13.0 Å². The number of nitrogens with zero attached hydrogens (tertiary/aromatic N) is 2. The summed E-state index contributed by atoms with van der Waals surface area (Å²) >= 11 is 1.56. The van der Waals surface area contributed by atoms with Gasteiger partial charge < -0.3 is 10.2 Å². The van der Waals surface area contributed by atoms with Gasteiger partial charge in [-0.2, -0.15) is 0 Å². The van der Waals surface area contributed by atoms with Crippen LogP contribution in [0.25, 0.3) is 10.8 Å². The second-order valence-electron chi connectivity index (χ2n) is 2.75. The zero-order valence-electron chi connectivity index (χ0n) is 7.37. The molecule has 2 heterocycles. The van der Waals surface area contributed by atoms with E-state index in [0.717, 1.165) is 15.4 Å². The Hall–Kier alpha value is -1.36. The van der Waals surface area contributed by atoms with Crippen LogP contribution in [0.15, 0.2) is 10.5 Å². The Kier molecular flexibility index (Phi) is 1.81. The monoisotopic (exact) mass is 195 g/mol. The predicted octanol–water partition coefficient (Wildman–Crippen LogP) is 2.00. The molecule has 5 heteroatoms. The Balaban J connectivity index is 2.46. The number of nitrogen functional groups attached to an aromatic ring is 1. The number of hydrogen-bond acceptors (Lipinski definition) is 5. The van der Waals surface area contributed by atoms with Crippen LogP contribution in [0.5, 0.6) is 0 Å². The highest BCUT2D eigenvalue weighted by molar-refractivity contribution is 7.15. The first-order valence-corrected chi connectivity index (χ1v) is 4.65. The molecule has 0 amide bonds. The summed E-state index contributed by atoms with van der Waals surface area (Å²) in [6, 6.07) is 1.85. The van der Waals surface area contributed by atoms with Gasteiger partial charge in [-0.25, -0.2) is 0 Å². The lowest BCUT2D eigenvalue weighted by Gasteiger charge is -1.83. The van der Waals surface area contributed by atoms with Crippen molar-refractivity contribution in [2.24, 2.45) is 0 Å². The Labute approximate surface area is 79.4 Å². The van der Waals surface area contributed by atoms with Crippen LogP contribution in [0.3, 0.4) is 0 Å². The van der Waals surface area contributed by atoms with Crippen LogP contribution in [0.2, 0.25) is 0 Å². The van der Waals surface area contributed by atoms with Crippen LogP contribution >= 0.6 is 11.3 Å². The van der Waals surface area contributed by atoms with Gasteiger partial charge in [0.25, 0.3) is 5.89 Å². The average Bonchev–Trinajstić information content (AvgIpc) is 2.61. The molecule has 0 fully saturated rings. The minimum atomic E-state index is 0.544. The van der Waals surface area contributed by atoms with E-state index in [-0.39, 0.29) is 0 Å². The number of anilines is 1. The molecule has 0 saturated carbocycles. The molecule has 0 aromatic carbocycles. The standard InChI is InChI=1S/C8H9N3OS/c1-4-6(9)3-7(13-4)8-11-10-5(2)12-8/h3H,9H2,1-2H3. The molecule has 0 bridgehead atoms. The summed E-state index contributed by atoms with van der Waals surface area (Å²) in [7, 11) is 0. The highest BCUT2D eigenvalue weighted by Crippen LogP contribution is 2.31. The van der Waals surface area contributed by atoms with Crippen molar-refractivity contribution in [3.8, 4) is 10.8 Å². The van der Waals surface area contributed by atoms with Crippen molar-refractivity contribution >= 4 is 17.0 Å². The first kappa shape index (κ1) is 8.25. The van der Waals surface area contributed by atoms with Crippen molar-refractivity contribution in [2.75, 3.05) is 5.73 Å². The van der Waals surface area contributed by atoms with Gasteiger partial charge in [-0.15, -0.1) is 21.5 Å². The number of nitrogens with two attached hydrogens (primary N) is 1. The molecule has 0 unspecified atom stereocenters. The van der Waals surface area contributed by atoms with Gasteiger partial charge in [0, 0.05) is 17.5 Å². The van der Waals surface area contributed by atoms with Crippen LogP contribution in [0, 0.1) is 13.8 Å². The zero-order valence-corrected chi connectivity index (χ0v) is 8.18. The van der Waals surface area contributed by atoms with Crippen LogP contribution in [0.1, 0.15) is 10.8 Å². The van der Waals surface area contributed by atoms with Crippen LogP contribution in [-0.4, -0.2) is 10.2 Å². The zero-order chi connectivity index (χ0) is 9.42. The summed E-state index contributed by atoms with van der Waals surface area (Å²) in [5, 5.41) is 7.66. The summed E-state index contributed by atoms with van der Waals surface area (Å²) < 4.78 is 5.27. The molecule has 2 aromatic heterocycles. The molecule has 0 atom stereocenters. The van der Waals surface area contributed by atoms with E-state index < -0.39 is 0 Å². The summed E-state index contributed by atoms with van der Waals surface area (Å²) in [6.07, 6.45) is 0. The Morgan fingerprint density at radius 1 is 1.38 bits per heavy atom. The lowest BCUT2D eigenvalue weighted by Crippen LogP contribution is -1.80. The number of aryl methyl sites for hydroxylation is 2. The number of aromatic nitrogens is 2. The average molecular weight is 195 g/mol. The number of rotatable bonds is 1. The molecular formula is C8H9N3OS. The van der Waals surface area contributed by atoms with E-state index in [0.29, 0.717) is 11.8 Å². The van der Waals surface area contributed by atoms with E-state index in [9.17, 15) is 0 Å². The maximum atomic E-state index is 5.71. The molecular weight excluding hydrogens is 186 g/mol. The lowest BCUT2D eigenvalue weighted by molar-refractivity contribution is 0.534. The molecule has 4 nitrogen and oxygen atoms in total. The van der Waals surface area contributed by atoms with Crippen LogP contribution < -0.4 is 5.73 Å². The maximum Gasteiger partial charge on any atom is 0.257 e. The molecule has 0 saturated heterocycles. The van der Waals surface area contributed by atoms with Crippen molar-refractivity contribution in [1.82, 2.24) is 10.2 Å². The SMILES string of the molecule is Cc1nnc(-c2cc(N)c(C)s2)o1. The molecule has 0 aliphatic rings. The first-order valence-electron chi connectivity index (χ1n) is 3.83. The number of thiophene rings is 1. The molecule has 0 spiro atoms. The molecule has 0 aliphatic carbocycles. The summed E-state index contributed by atoms with van der Waals surface area (Å²) in [6.45, 7) is 3.73. The second-order valence-corrected chi connectivity index (χ2v) is 4.00. The highest BCUT2D eigenvalue weighted by atomic mass is 32.1. The topological polar surface area (TPSA) is 64.9 Å². The second kappa shape index (κ2) is 2.85. The van der Waals surface area contributed by atoms with Gasteiger partial charge in [0.2, 0.25) is 5.89 Å². The molecule has 2 rings (SSSR count). The van der Waals surface area contributed by atoms with Crippen molar-refractivity contribution in [2.45, 2.75) is 13.8 Å². The van der Waals surface area contributed by atoms with E-state index in [1.54, 1.807) is 18.3 Å². The van der Waals surface area contributed by atoms with Crippen molar-refractivity contribution < 1.29 is 4.42 Å². The normalized spacial score (nSPS) is 10.6. The van der Waals surface area contributed by atoms with E-state index in [2.05, 4.69) is 10.2 Å². The third-order valence-corrected chi connectivity index (χ3v) is 2.75. The fourth-order valence-electron chi connectivity index (χ4n) is 0.998. The number of hydrogen-bond donors (Lipinski definition) is 1. The predicted molar refractivity (Wildman–Crippen MR) is 51.5 cm³/mol. The van der Waals surface area contributed by atoms with Crippen LogP contribution in [-0.2, 0) is 0 Å². The molecule has 68 valence electrons. The third-order valence-electron chi connectivity index (χ3n) is 1.69. The van der Waals surface area contributed by atoms with Gasteiger partial charge >= 0.3 is 0 Å². The minimum Gasteiger partial charge on any atom is -0.420 e. The van der Waals surface area contributed by atoms with Crippen LogP contribution in [0.4, 0.5) is 5.69 Å². The van der Waals surface area contributed by atoms with Gasteiger partial charge in [-0.05, 0) is 13.0 Å². The van der Waals surface area contributed by atoms with Gasteiger partial charge in [-0.3, -0.25) is 0 Å². The van der Waals surface area contributed by atoms with Crippen molar-refractivity contribution in [3.05, 3.63) is 16.8 Å². The summed E-state index contributed by atoms with van der Waals surface area (Å²) in [5.74, 6) is 1.11. The van der Waals surface area contributed by atoms with E-state index >= 15 is 0 Å². The van der Waals surface area contributed by atoms with Gasteiger partial charge in [0.1, 0.15) is 0 Å². The van der Waals surface area contributed by atoms with Gasteiger partial charge in [0.05, 0.1) is 4.88 Å². The Morgan fingerprint density at radius 3 is 2.62 bits per heavy atom. The largest absolute Gasteiger partial charge is 0.420 e. The van der Waals surface area contributed by atoms with Crippen molar-refractivity contribution in [3.63, 3.8) is 0 Å². The Bertz CT molecular complexity index is 413. The van der Waals surface area contributed by atoms with E-state index in [1.165, 1.54) is 0 Å². The maximum absolute atomic E-state index is 5.71. The smallest absolute Gasteiger partial charge is 0.257 e. The molecule has 13 heavy (non-hydrogen) atoms. The van der Waals surface area contributed by atoms with Crippen molar-refractivity contribution in [1.29, 1.82) is 0 Å². The molecule has 2 aromatic rings. The summed E-state index contributed by atoms with van der Waals surface area (Å²) in [4.78, 5) is 2.00. The highest BCUT2D eigenvalue weighted by Gasteiger charge is 2.10. The van der Waals surface area contributed by atoms with E-state index in [4.69, 9.17) is 10.2 Å². The molecule has 2 N–H and O–H groups in total. The first-order chi connectivity index (χ1) is 6.16.